The van der Waals surface area contributed by atoms with E-state index in [9.17, 15) is 5.26 Å². The van der Waals surface area contributed by atoms with E-state index in [0.29, 0.717) is 35.0 Å². The minimum Gasteiger partial charge on any atom is -0.483 e. The Balaban J connectivity index is 1.54. The summed E-state index contributed by atoms with van der Waals surface area (Å²) in [5, 5.41) is 16.2. The monoisotopic (exact) mass is 745 g/mol. The van der Waals surface area contributed by atoms with Gasteiger partial charge in [-0.05, 0) is 54.8 Å². The predicted octanol–water partition coefficient (Wildman–Crippen LogP) is 8.76. The van der Waals surface area contributed by atoms with Crippen molar-refractivity contribution < 1.29 is 14.3 Å². The number of para-hydroxylation sites is 1. The van der Waals surface area contributed by atoms with Crippen molar-refractivity contribution in [3.8, 4) is 17.6 Å². The highest BCUT2D eigenvalue weighted by molar-refractivity contribution is 9.10. The molecule has 0 aliphatic carbocycles. The Hall–Kier alpha value is -6.24. The molecule has 254 valence electrons. The van der Waals surface area contributed by atoms with E-state index >= 15 is 4.79 Å². The fourth-order valence-corrected chi connectivity index (χ4v) is 8.08. The van der Waals surface area contributed by atoms with Crippen molar-refractivity contribution in [1.82, 2.24) is 9.78 Å². The normalized spacial score (nSPS) is 16.5. The Kier molecular flexibility index (Phi) is 8.32. The molecule has 0 fully saturated rings. The van der Waals surface area contributed by atoms with Crippen molar-refractivity contribution >= 4 is 33.9 Å². The Morgan fingerprint density at radius 3 is 1.98 bits per heavy atom. The van der Waals surface area contributed by atoms with Crippen LogP contribution in [0.3, 0.4) is 0 Å². The van der Waals surface area contributed by atoms with Gasteiger partial charge >= 0.3 is 0 Å². The highest BCUT2D eigenvalue weighted by atomic mass is 79.9. The Bertz CT molecular complexity index is 2310. The molecule has 1 amide bonds. The summed E-state index contributed by atoms with van der Waals surface area (Å²) in [4.78, 5) is 22.9. The molecule has 0 saturated carbocycles. The summed E-state index contributed by atoms with van der Waals surface area (Å²) in [5.41, 5.74) is 2.68. The second-order valence-electron chi connectivity index (χ2n) is 12.5. The van der Waals surface area contributed by atoms with Crippen LogP contribution in [0.2, 0.25) is 0 Å². The number of hydrogen-bond acceptors (Lipinski definition) is 6. The standard InChI is InChI=1S/C43H32BrN5O3/c1-3-51-28-46-39-36(27-45)42(38-29(2)47-49(40(38)52-39)34-22-14-7-15-23-34)35-25-24-33(44)26-37(35)48(41(42)50)43(30-16-8-4-9-17-30,31-18-10-5-11-19-31)32-20-12-6-13-21-32/h4-26,28H,3H2,1-2H3/b46-28+/t42-/m0/s1. The van der Waals surface area contributed by atoms with E-state index in [2.05, 4.69) is 27.0 Å². The van der Waals surface area contributed by atoms with Crippen molar-refractivity contribution in [3.05, 3.63) is 189 Å². The van der Waals surface area contributed by atoms with Gasteiger partial charge in [-0.1, -0.05) is 131 Å². The number of hydrogen-bond donors (Lipinski definition) is 0. The number of ether oxygens (including phenoxy) is 2. The lowest BCUT2D eigenvalue weighted by atomic mass is 9.68. The fraction of sp³-hybridized carbons (Fsp3) is 0.116. The number of halogens is 1. The van der Waals surface area contributed by atoms with Gasteiger partial charge in [0.25, 0.3) is 0 Å². The first-order valence-electron chi connectivity index (χ1n) is 16.9. The molecule has 2 aliphatic rings. The van der Waals surface area contributed by atoms with Crippen LogP contribution in [0, 0.1) is 18.3 Å². The molecule has 1 atom stereocenters. The molecule has 9 heteroatoms. The zero-order valence-corrected chi connectivity index (χ0v) is 30.0. The summed E-state index contributed by atoms with van der Waals surface area (Å²) in [6, 6.07) is 47.8. The van der Waals surface area contributed by atoms with E-state index in [4.69, 9.17) is 14.6 Å². The molecule has 8 nitrogen and oxygen atoms in total. The molecule has 0 radical (unpaired) electrons. The molecule has 5 aromatic carbocycles. The van der Waals surface area contributed by atoms with Crippen molar-refractivity contribution in [2.24, 2.45) is 4.99 Å². The van der Waals surface area contributed by atoms with Crippen molar-refractivity contribution in [3.63, 3.8) is 0 Å². The van der Waals surface area contributed by atoms with Crippen LogP contribution in [-0.4, -0.2) is 28.7 Å². The number of carbonyl (C=O) groups excluding carboxylic acids is 1. The lowest BCUT2D eigenvalue weighted by Gasteiger charge is -2.45. The van der Waals surface area contributed by atoms with Gasteiger partial charge in [-0.2, -0.15) is 15.4 Å². The molecule has 0 N–H and O–H groups in total. The number of amides is 1. The van der Waals surface area contributed by atoms with Crippen LogP contribution in [0.15, 0.2) is 160 Å². The second-order valence-corrected chi connectivity index (χ2v) is 13.4. The van der Waals surface area contributed by atoms with Gasteiger partial charge in [0.15, 0.2) is 6.40 Å². The number of benzene rings is 5. The molecule has 6 aromatic rings. The highest BCUT2D eigenvalue weighted by Gasteiger charge is 2.65. The minimum absolute atomic E-state index is 0.0332. The maximum absolute atomic E-state index is 16.5. The average molecular weight is 747 g/mol. The number of aromatic nitrogens is 2. The number of fused-ring (bicyclic) bond motifs is 4. The Morgan fingerprint density at radius 1 is 0.885 bits per heavy atom. The summed E-state index contributed by atoms with van der Waals surface area (Å²) < 4.78 is 14.5. The molecule has 0 saturated heterocycles. The van der Waals surface area contributed by atoms with E-state index in [1.165, 1.54) is 6.40 Å². The van der Waals surface area contributed by atoms with E-state index in [0.717, 1.165) is 26.9 Å². The number of anilines is 1. The van der Waals surface area contributed by atoms with E-state index in [1.807, 2.05) is 158 Å². The molecular formula is C43H32BrN5O3. The van der Waals surface area contributed by atoms with Gasteiger partial charge in [0.2, 0.25) is 17.7 Å². The van der Waals surface area contributed by atoms with Gasteiger partial charge in [-0.3, -0.25) is 9.69 Å². The van der Waals surface area contributed by atoms with Crippen molar-refractivity contribution in [1.29, 1.82) is 5.26 Å². The summed E-state index contributed by atoms with van der Waals surface area (Å²) in [5.74, 6) is -0.104. The molecule has 52 heavy (non-hydrogen) atoms. The number of aryl methyl sites for hydroxylation is 1. The third kappa shape index (κ3) is 4.75. The predicted molar refractivity (Wildman–Crippen MR) is 203 cm³/mol. The van der Waals surface area contributed by atoms with E-state index in [1.54, 1.807) is 4.68 Å². The summed E-state index contributed by atoms with van der Waals surface area (Å²) in [6.45, 7) is 4.04. The van der Waals surface area contributed by atoms with Crippen LogP contribution < -0.4 is 9.64 Å². The highest BCUT2D eigenvalue weighted by Crippen LogP contribution is 2.61. The summed E-state index contributed by atoms with van der Waals surface area (Å²) in [6.07, 6.45) is 1.25. The molecular weight excluding hydrogens is 714 g/mol. The number of rotatable bonds is 8. The van der Waals surface area contributed by atoms with Gasteiger partial charge in [-0.15, -0.1) is 0 Å². The lowest BCUT2D eigenvalue weighted by molar-refractivity contribution is -0.121. The van der Waals surface area contributed by atoms with Crippen LogP contribution in [-0.2, 0) is 20.5 Å². The second kappa shape index (κ2) is 13.1. The number of nitrogens with zero attached hydrogens (tertiary/aromatic N) is 5. The first-order valence-corrected chi connectivity index (χ1v) is 17.7. The Morgan fingerprint density at radius 2 is 1.44 bits per heavy atom. The van der Waals surface area contributed by atoms with Crippen LogP contribution in [0.5, 0.6) is 5.88 Å². The third-order valence-corrected chi connectivity index (χ3v) is 10.2. The van der Waals surface area contributed by atoms with Crippen LogP contribution >= 0.6 is 15.9 Å². The largest absolute Gasteiger partial charge is 0.483 e. The zero-order valence-electron chi connectivity index (χ0n) is 28.4. The number of carbonyl (C=O) groups is 1. The molecule has 1 aromatic heterocycles. The molecule has 0 unspecified atom stereocenters. The maximum Gasteiger partial charge on any atom is 0.249 e. The molecule has 3 heterocycles. The van der Waals surface area contributed by atoms with E-state index in [-0.39, 0.29) is 17.4 Å². The smallest absolute Gasteiger partial charge is 0.249 e. The molecule has 2 aliphatic heterocycles. The molecule has 8 rings (SSSR count). The van der Waals surface area contributed by atoms with Gasteiger partial charge in [0.05, 0.1) is 29.2 Å². The van der Waals surface area contributed by atoms with E-state index < -0.39 is 11.0 Å². The summed E-state index contributed by atoms with van der Waals surface area (Å²) in [7, 11) is 0. The maximum atomic E-state index is 16.5. The number of nitriles is 1. The lowest BCUT2D eigenvalue weighted by Crippen LogP contribution is -2.55. The topological polar surface area (TPSA) is 92.7 Å². The minimum atomic E-state index is -1.71. The van der Waals surface area contributed by atoms with Crippen LogP contribution in [0.25, 0.3) is 5.69 Å². The van der Waals surface area contributed by atoms with Crippen LogP contribution in [0.1, 0.15) is 40.4 Å². The Labute approximate surface area is 310 Å². The zero-order chi connectivity index (χ0) is 35.9. The van der Waals surface area contributed by atoms with Crippen molar-refractivity contribution in [2.45, 2.75) is 24.8 Å². The first kappa shape index (κ1) is 32.9. The van der Waals surface area contributed by atoms with Gasteiger partial charge in [-0.25, -0.2) is 4.68 Å². The van der Waals surface area contributed by atoms with Gasteiger partial charge < -0.3 is 9.47 Å². The number of aliphatic imine (C=N–C) groups is 1. The fourth-order valence-electron chi connectivity index (χ4n) is 7.73. The van der Waals surface area contributed by atoms with Gasteiger partial charge in [0, 0.05) is 10.0 Å². The quantitative estimate of drug-likeness (QED) is 0.0883. The first-order chi connectivity index (χ1) is 25.5. The SMILES string of the molecule is CCO/C=N/C1=C(C#N)[C@]2(C(=O)N(C(c3ccccc3)(c3ccccc3)c3ccccc3)c3cc(Br)ccc32)c2c(C)nn(-c3ccccc3)c2O1. The van der Waals surface area contributed by atoms with Crippen LogP contribution in [0.4, 0.5) is 5.69 Å². The molecule has 0 bridgehead atoms. The van der Waals surface area contributed by atoms with Gasteiger partial charge in [0.1, 0.15) is 22.6 Å². The average Bonchev–Trinajstić information content (AvgIpc) is 3.64. The third-order valence-electron chi connectivity index (χ3n) is 9.74. The molecule has 1 spiro atoms. The summed E-state index contributed by atoms with van der Waals surface area (Å²) >= 11 is 3.73. The van der Waals surface area contributed by atoms with Crippen molar-refractivity contribution in [2.75, 3.05) is 11.5 Å².